The average molecular weight is 274 g/mol. The summed E-state index contributed by atoms with van der Waals surface area (Å²) in [7, 11) is -1.86. The largest absolute Gasteiger partial charge is 0.411 e. The van der Waals surface area contributed by atoms with Crippen molar-refractivity contribution in [2.45, 2.75) is 58.9 Å². The lowest BCUT2D eigenvalue weighted by atomic mass is 10.0. The number of hydrogen-bond acceptors (Lipinski definition) is 3. The van der Waals surface area contributed by atoms with Gasteiger partial charge < -0.3 is 14.6 Å². The van der Waals surface area contributed by atoms with Crippen molar-refractivity contribution in [3.8, 4) is 0 Å². The van der Waals surface area contributed by atoms with Gasteiger partial charge in [0, 0.05) is 5.92 Å². The molecule has 2 N–H and O–H groups in total. The van der Waals surface area contributed by atoms with Gasteiger partial charge in [0.05, 0.1) is 19.3 Å². The van der Waals surface area contributed by atoms with Gasteiger partial charge in [0.25, 0.3) is 0 Å². The summed E-state index contributed by atoms with van der Waals surface area (Å²) in [6, 6.07) is 0. The molecule has 4 heteroatoms. The SMILES string of the molecule is C/C(=C\[C@H](C)[C@H](CO)O[Si](C)(C)C(C)(C)C)CO. The lowest BCUT2D eigenvalue weighted by Crippen LogP contribution is -2.46. The van der Waals surface area contributed by atoms with Crippen LogP contribution in [-0.2, 0) is 4.43 Å². The van der Waals surface area contributed by atoms with E-state index >= 15 is 0 Å². The minimum atomic E-state index is -1.86. The second-order valence-electron chi connectivity index (χ2n) is 6.63. The Morgan fingerprint density at radius 1 is 1.28 bits per heavy atom. The fraction of sp³-hybridized carbons (Fsp3) is 0.857. The lowest BCUT2D eigenvalue weighted by molar-refractivity contribution is 0.0764. The maximum atomic E-state index is 9.52. The Hall–Kier alpha value is -0.163. The quantitative estimate of drug-likeness (QED) is 0.578. The van der Waals surface area contributed by atoms with E-state index in [4.69, 9.17) is 9.53 Å². The molecule has 0 aromatic rings. The van der Waals surface area contributed by atoms with Crippen LogP contribution >= 0.6 is 0 Å². The van der Waals surface area contributed by atoms with Gasteiger partial charge in [-0.2, -0.15) is 0 Å². The van der Waals surface area contributed by atoms with Crippen LogP contribution in [0.1, 0.15) is 34.6 Å². The summed E-state index contributed by atoms with van der Waals surface area (Å²) in [5.41, 5.74) is 0.916. The smallest absolute Gasteiger partial charge is 0.192 e. The highest BCUT2D eigenvalue weighted by molar-refractivity contribution is 6.74. The molecule has 0 aromatic heterocycles. The molecule has 0 aliphatic heterocycles. The van der Waals surface area contributed by atoms with Gasteiger partial charge in [0.1, 0.15) is 0 Å². The number of aliphatic hydroxyl groups excluding tert-OH is 2. The van der Waals surface area contributed by atoms with Gasteiger partial charge in [0.15, 0.2) is 8.32 Å². The molecule has 18 heavy (non-hydrogen) atoms. The molecule has 0 saturated carbocycles. The minimum Gasteiger partial charge on any atom is -0.411 e. The Bertz CT molecular complexity index is 279. The molecule has 0 saturated heterocycles. The average Bonchev–Trinajstić information content (AvgIpc) is 2.23. The fourth-order valence-electron chi connectivity index (χ4n) is 1.47. The number of rotatable bonds is 6. The zero-order chi connectivity index (χ0) is 14.6. The van der Waals surface area contributed by atoms with Gasteiger partial charge in [-0.15, -0.1) is 0 Å². The van der Waals surface area contributed by atoms with E-state index in [2.05, 4.69) is 33.9 Å². The van der Waals surface area contributed by atoms with Crippen LogP contribution in [0.2, 0.25) is 18.1 Å². The summed E-state index contributed by atoms with van der Waals surface area (Å²) in [5.74, 6) is 0.108. The van der Waals surface area contributed by atoms with Gasteiger partial charge >= 0.3 is 0 Å². The van der Waals surface area contributed by atoms with E-state index in [0.29, 0.717) is 0 Å². The molecular formula is C14H30O3Si. The first-order valence-electron chi connectivity index (χ1n) is 6.62. The van der Waals surface area contributed by atoms with Crippen LogP contribution in [-0.4, -0.2) is 37.8 Å². The van der Waals surface area contributed by atoms with Crippen LogP contribution in [0.25, 0.3) is 0 Å². The number of hydrogen-bond donors (Lipinski definition) is 2. The first kappa shape index (κ1) is 17.8. The van der Waals surface area contributed by atoms with Crippen molar-refractivity contribution >= 4 is 8.32 Å². The molecule has 0 rings (SSSR count). The topological polar surface area (TPSA) is 49.7 Å². The molecule has 0 radical (unpaired) electrons. The Morgan fingerprint density at radius 3 is 2.11 bits per heavy atom. The summed E-state index contributed by atoms with van der Waals surface area (Å²) in [6.45, 7) is 14.9. The second kappa shape index (κ2) is 6.85. The van der Waals surface area contributed by atoms with Gasteiger partial charge in [-0.05, 0) is 25.1 Å². The van der Waals surface area contributed by atoms with E-state index < -0.39 is 8.32 Å². The van der Waals surface area contributed by atoms with Crippen molar-refractivity contribution in [1.82, 2.24) is 0 Å². The van der Waals surface area contributed by atoms with Crippen molar-refractivity contribution < 1.29 is 14.6 Å². The summed E-state index contributed by atoms with van der Waals surface area (Å²) in [6.07, 6.45) is 1.79. The van der Waals surface area contributed by atoms with E-state index in [1.807, 2.05) is 19.9 Å². The third-order valence-corrected chi connectivity index (χ3v) is 8.32. The molecule has 3 nitrogen and oxygen atoms in total. The first-order valence-corrected chi connectivity index (χ1v) is 9.53. The van der Waals surface area contributed by atoms with Crippen molar-refractivity contribution in [1.29, 1.82) is 0 Å². The van der Waals surface area contributed by atoms with E-state index in [-0.39, 0.29) is 30.3 Å². The molecule has 0 aliphatic rings. The van der Waals surface area contributed by atoms with Crippen LogP contribution in [0.15, 0.2) is 11.6 Å². The molecule has 0 aromatic carbocycles. The summed E-state index contributed by atoms with van der Waals surface area (Å²) in [5, 5.41) is 18.7. The second-order valence-corrected chi connectivity index (χ2v) is 11.4. The van der Waals surface area contributed by atoms with Crippen molar-refractivity contribution in [2.24, 2.45) is 5.92 Å². The zero-order valence-electron chi connectivity index (χ0n) is 12.9. The molecule has 0 fully saturated rings. The molecule has 0 amide bonds. The summed E-state index contributed by atoms with van der Waals surface area (Å²) >= 11 is 0. The Kier molecular flexibility index (Phi) is 6.78. The Labute approximate surface area is 113 Å². The summed E-state index contributed by atoms with van der Waals surface area (Å²) < 4.78 is 6.22. The molecule has 2 atom stereocenters. The monoisotopic (exact) mass is 274 g/mol. The summed E-state index contributed by atoms with van der Waals surface area (Å²) in [4.78, 5) is 0. The van der Waals surface area contributed by atoms with Crippen LogP contribution in [0, 0.1) is 5.92 Å². The molecule has 108 valence electrons. The van der Waals surface area contributed by atoms with Crippen LogP contribution in [0.5, 0.6) is 0 Å². The predicted octanol–water partition coefficient (Wildman–Crippen LogP) is 2.94. The Morgan fingerprint density at radius 2 is 1.78 bits per heavy atom. The van der Waals surface area contributed by atoms with Crippen LogP contribution in [0.3, 0.4) is 0 Å². The normalized spacial score (nSPS) is 17.7. The van der Waals surface area contributed by atoms with Gasteiger partial charge in [0.2, 0.25) is 0 Å². The van der Waals surface area contributed by atoms with Gasteiger partial charge in [-0.3, -0.25) is 0 Å². The minimum absolute atomic E-state index is 0.0168. The molecule has 0 unspecified atom stereocenters. The molecule has 0 aliphatic carbocycles. The highest BCUT2D eigenvalue weighted by Crippen LogP contribution is 2.38. The fourth-order valence-corrected chi connectivity index (χ4v) is 2.87. The first-order chi connectivity index (χ1) is 8.05. The van der Waals surface area contributed by atoms with Crippen LogP contribution in [0.4, 0.5) is 0 Å². The standard InChI is InChI=1S/C14H30O3Si/c1-11(9-15)8-12(2)13(10-16)17-18(6,7)14(3,4)5/h8,12-13,15-16H,9-10H2,1-7H3/b11-8+/t12-,13-/m0/s1. The number of aliphatic hydroxyl groups is 2. The molecule has 0 heterocycles. The van der Waals surface area contributed by atoms with Gasteiger partial charge in [-0.25, -0.2) is 0 Å². The maximum absolute atomic E-state index is 9.52. The van der Waals surface area contributed by atoms with Crippen molar-refractivity contribution in [2.75, 3.05) is 13.2 Å². The molecular weight excluding hydrogens is 244 g/mol. The zero-order valence-corrected chi connectivity index (χ0v) is 13.9. The van der Waals surface area contributed by atoms with E-state index in [1.54, 1.807) is 0 Å². The van der Waals surface area contributed by atoms with Crippen molar-refractivity contribution in [3.63, 3.8) is 0 Å². The molecule has 0 spiro atoms. The lowest BCUT2D eigenvalue weighted by Gasteiger charge is -2.40. The van der Waals surface area contributed by atoms with Crippen LogP contribution < -0.4 is 0 Å². The van der Waals surface area contributed by atoms with Gasteiger partial charge in [-0.1, -0.05) is 39.3 Å². The Balaban J connectivity index is 4.82. The predicted molar refractivity (Wildman–Crippen MR) is 79.2 cm³/mol. The third-order valence-electron chi connectivity index (χ3n) is 3.82. The van der Waals surface area contributed by atoms with E-state index in [9.17, 15) is 5.11 Å². The molecule has 0 bridgehead atoms. The maximum Gasteiger partial charge on any atom is 0.192 e. The van der Waals surface area contributed by atoms with E-state index in [0.717, 1.165) is 5.57 Å². The highest BCUT2D eigenvalue weighted by Gasteiger charge is 2.39. The van der Waals surface area contributed by atoms with E-state index in [1.165, 1.54) is 0 Å². The third kappa shape index (κ3) is 5.22. The highest BCUT2D eigenvalue weighted by atomic mass is 28.4. The van der Waals surface area contributed by atoms with Crippen molar-refractivity contribution in [3.05, 3.63) is 11.6 Å².